The summed E-state index contributed by atoms with van der Waals surface area (Å²) in [5, 5.41) is 13.7. The van der Waals surface area contributed by atoms with Gasteiger partial charge < -0.3 is 10.1 Å². The first kappa shape index (κ1) is 17.5. The molecule has 0 radical (unpaired) electrons. The Kier molecular flexibility index (Phi) is 5.52. The van der Waals surface area contributed by atoms with Crippen LogP contribution in [0.3, 0.4) is 0 Å². The van der Waals surface area contributed by atoms with Gasteiger partial charge >= 0.3 is 0 Å². The third-order valence-electron chi connectivity index (χ3n) is 3.95. The van der Waals surface area contributed by atoms with E-state index in [0.717, 1.165) is 16.9 Å². The highest BCUT2D eigenvalue weighted by Gasteiger charge is 2.17. The topological polar surface area (TPSA) is 81.5 Å². The van der Waals surface area contributed by atoms with Gasteiger partial charge in [0.2, 0.25) is 0 Å². The van der Waals surface area contributed by atoms with Crippen molar-refractivity contribution in [1.29, 1.82) is 0 Å². The van der Waals surface area contributed by atoms with Crippen molar-refractivity contribution < 1.29 is 14.5 Å². The Morgan fingerprint density at radius 3 is 2.54 bits per heavy atom. The molecule has 0 aliphatic rings. The zero-order valence-electron chi connectivity index (χ0n) is 14.0. The van der Waals surface area contributed by atoms with E-state index < -0.39 is 4.92 Å². The monoisotopic (exact) mass is 328 g/mol. The lowest BCUT2D eigenvalue weighted by molar-refractivity contribution is -0.385. The molecule has 2 rings (SSSR count). The van der Waals surface area contributed by atoms with Gasteiger partial charge in [0, 0.05) is 17.2 Å². The maximum absolute atomic E-state index is 12.2. The number of hydrogen-bond acceptors (Lipinski definition) is 4. The Hall–Kier alpha value is -2.89. The molecule has 0 aromatic heterocycles. The van der Waals surface area contributed by atoms with E-state index in [1.165, 1.54) is 12.1 Å². The highest BCUT2D eigenvalue weighted by Crippen LogP contribution is 2.21. The van der Waals surface area contributed by atoms with Gasteiger partial charge in [-0.25, -0.2) is 0 Å². The van der Waals surface area contributed by atoms with Gasteiger partial charge in [0.25, 0.3) is 11.6 Å². The first-order chi connectivity index (χ1) is 11.4. The molecule has 6 heteroatoms. The maximum Gasteiger partial charge on any atom is 0.273 e. The van der Waals surface area contributed by atoms with E-state index >= 15 is 0 Å². The quantitative estimate of drug-likeness (QED) is 0.501. The highest BCUT2D eigenvalue weighted by molar-refractivity contribution is 5.96. The molecule has 1 amide bonds. The Morgan fingerprint density at radius 2 is 1.83 bits per heavy atom. The van der Waals surface area contributed by atoms with E-state index in [1.807, 2.05) is 32.0 Å². The maximum atomic E-state index is 12.2. The van der Waals surface area contributed by atoms with Crippen LogP contribution in [0.25, 0.3) is 0 Å². The molecule has 0 fully saturated rings. The molecular formula is C18H20N2O4. The fourth-order valence-electron chi connectivity index (χ4n) is 2.37. The summed E-state index contributed by atoms with van der Waals surface area (Å²) in [5.41, 5.74) is 2.81. The van der Waals surface area contributed by atoms with Crippen molar-refractivity contribution in [3.8, 4) is 5.75 Å². The zero-order chi connectivity index (χ0) is 17.7. The number of rotatable bonds is 6. The average Bonchev–Trinajstić information content (AvgIpc) is 2.55. The van der Waals surface area contributed by atoms with Crippen LogP contribution in [0.1, 0.15) is 27.0 Å². The van der Waals surface area contributed by atoms with Crippen molar-refractivity contribution in [2.45, 2.75) is 20.8 Å². The molecule has 2 aromatic carbocycles. The molecule has 24 heavy (non-hydrogen) atoms. The van der Waals surface area contributed by atoms with Crippen molar-refractivity contribution in [3.05, 3.63) is 68.8 Å². The first-order valence-electron chi connectivity index (χ1n) is 7.63. The number of nitrogens with one attached hydrogen (secondary N) is 1. The lowest BCUT2D eigenvalue weighted by atomic mass is 10.1. The fraction of sp³-hybridized carbons (Fsp3) is 0.278. The van der Waals surface area contributed by atoms with Crippen molar-refractivity contribution in [1.82, 2.24) is 5.32 Å². The minimum absolute atomic E-state index is 0.0608. The summed E-state index contributed by atoms with van der Waals surface area (Å²) in [4.78, 5) is 22.6. The second-order valence-corrected chi connectivity index (χ2v) is 5.51. The zero-order valence-corrected chi connectivity index (χ0v) is 14.0. The van der Waals surface area contributed by atoms with Gasteiger partial charge in [0.15, 0.2) is 0 Å². The largest absolute Gasteiger partial charge is 0.491 e. The smallest absolute Gasteiger partial charge is 0.273 e. The summed E-state index contributed by atoms with van der Waals surface area (Å²) in [6.07, 6.45) is 0. The van der Waals surface area contributed by atoms with Gasteiger partial charge in [-0.15, -0.1) is 0 Å². The van der Waals surface area contributed by atoms with E-state index in [4.69, 9.17) is 4.74 Å². The lowest BCUT2D eigenvalue weighted by Crippen LogP contribution is -2.28. The minimum atomic E-state index is -0.490. The van der Waals surface area contributed by atoms with Crippen LogP contribution in [0.15, 0.2) is 36.4 Å². The number of amides is 1. The molecule has 0 unspecified atom stereocenters. The van der Waals surface area contributed by atoms with E-state index in [1.54, 1.807) is 13.0 Å². The number of nitro groups is 1. The van der Waals surface area contributed by atoms with Gasteiger partial charge in [-0.05, 0) is 44.0 Å². The summed E-state index contributed by atoms with van der Waals surface area (Å²) in [6.45, 7) is 6.20. The van der Waals surface area contributed by atoms with Crippen LogP contribution >= 0.6 is 0 Å². The Balaban J connectivity index is 1.93. The predicted octanol–water partition coefficient (Wildman–Crippen LogP) is 3.33. The van der Waals surface area contributed by atoms with Crippen LogP contribution < -0.4 is 10.1 Å². The number of carbonyl (C=O) groups is 1. The van der Waals surface area contributed by atoms with Crippen LogP contribution in [0.5, 0.6) is 5.75 Å². The standard InChI is InChI=1S/C18H20N2O4/c1-12-6-4-9-17(13(12)2)24-11-10-19-18(21)15-7-5-8-16(14(15)3)20(22)23/h4-9H,10-11H2,1-3H3,(H,19,21). The van der Waals surface area contributed by atoms with Gasteiger partial charge in [0.1, 0.15) is 12.4 Å². The Labute approximate surface area is 140 Å². The number of nitro benzene ring substituents is 1. The number of benzene rings is 2. The Morgan fingerprint density at radius 1 is 1.12 bits per heavy atom. The normalized spacial score (nSPS) is 10.3. The van der Waals surface area contributed by atoms with E-state index in [-0.39, 0.29) is 11.6 Å². The van der Waals surface area contributed by atoms with Crippen molar-refractivity contribution >= 4 is 11.6 Å². The molecule has 0 aliphatic heterocycles. The van der Waals surface area contributed by atoms with Crippen LogP contribution in [-0.2, 0) is 0 Å². The molecule has 0 aliphatic carbocycles. The molecule has 2 aromatic rings. The first-order valence-corrected chi connectivity index (χ1v) is 7.63. The van der Waals surface area contributed by atoms with Crippen molar-refractivity contribution in [2.75, 3.05) is 13.2 Å². The number of ether oxygens (including phenoxy) is 1. The Bertz CT molecular complexity index is 772. The van der Waals surface area contributed by atoms with Gasteiger partial charge in [-0.3, -0.25) is 14.9 Å². The summed E-state index contributed by atoms with van der Waals surface area (Å²) in [6, 6.07) is 10.3. The molecule has 0 saturated heterocycles. The molecule has 0 spiro atoms. The minimum Gasteiger partial charge on any atom is -0.491 e. The number of carbonyl (C=O) groups excluding carboxylic acids is 1. The van der Waals surface area contributed by atoms with Crippen LogP contribution in [-0.4, -0.2) is 24.0 Å². The molecule has 0 bridgehead atoms. The molecule has 126 valence electrons. The molecule has 0 atom stereocenters. The average molecular weight is 328 g/mol. The summed E-state index contributed by atoms with van der Waals surface area (Å²) < 4.78 is 5.67. The van der Waals surface area contributed by atoms with E-state index in [9.17, 15) is 14.9 Å². The molecule has 0 heterocycles. The second-order valence-electron chi connectivity index (χ2n) is 5.51. The number of hydrogen-bond donors (Lipinski definition) is 1. The SMILES string of the molecule is Cc1cccc(OCCNC(=O)c2cccc([N+](=O)[O-])c2C)c1C. The van der Waals surface area contributed by atoms with Gasteiger partial charge in [-0.2, -0.15) is 0 Å². The van der Waals surface area contributed by atoms with E-state index in [0.29, 0.717) is 24.3 Å². The fourth-order valence-corrected chi connectivity index (χ4v) is 2.37. The summed E-state index contributed by atoms with van der Waals surface area (Å²) in [5.74, 6) is 0.441. The van der Waals surface area contributed by atoms with Crippen molar-refractivity contribution in [3.63, 3.8) is 0 Å². The summed E-state index contributed by atoms with van der Waals surface area (Å²) >= 11 is 0. The van der Waals surface area contributed by atoms with Gasteiger partial charge in [0.05, 0.1) is 11.5 Å². The molecular weight excluding hydrogens is 308 g/mol. The molecule has 1 N–H and O–H groups in total. The van der Waals surface area contributed by atoms with Crippen LogP contribution in [0, 0.1) is 30.9 Å². The highest BCUT2D eigenvalue weighted by atomic mass is 16.6. The lowest BCUT2D eigenvalue weighted by Gasteiger charge is -2.12. The predicted molar refractivity (Wildman–Crippen MR) is 91.6 cm³/mol. The van der Waals surface area contributed by atoms with Crippen molar-refractivity contribution in [2.24, 2.45) is 0 Å². The summed E-state index contributed by atoms with van der Waals surface area (Å²) in [7, 11) is 0. The van der Waals surface area contributed by atoms with Gasteiger partial charge in [-0.1, -0.05) is 18.2 Å². The second kappa shape index (κ2) is 7.59. The molecule has 0 saturated carbocycles. The number of aryl methyl sites for hydroxylation is 1. The van der Waals surface area contributed by atoms with E-state index in [2.05, 4.69) is 5.32 Å². The number of nitrogens with zero attached hydrogens (tertiary/aromatic N) is 1. The van der Waals surface area contributed by atoms with Crippen LogP contribution in [0.2, 0.25) is 0 Å². The third kappa shape index (κ3) is 3.90. The molecule has 6 nitrogen and oxygen atoms in total. The third-order valence-corrected chi connectivity index (χ3v) is 3.95. The van der Waals surface area contributed by atoms with Crippen LogP contribution in [0.4, 0.5) is 5.69 Å².